The lowest BCUT2D eigenvalue weighted by Gasteiger charge is -2.44. The number of hydrogen-bond donors (Lipinski definition) is 0. The minimum Gasteiger partial charge on any atom is -0.296 e. The van der Waals surface area contributed by atoms with Gasteiger partial charge < -0.3 is 0 Å². The normalized spacial score (nSPS) is 12.2. The van der Waals surface area contributed by atoms with E-state index >= 15 is 0 Å². The topological polar surface area (TPSA) is 27.7 Å². The molecule has 49 heavy (non-hydrogen) atoms. The fraction of sp³-hybridized carbons (Fsp3) is 0.200. The fourth-order valence-electron chi connectivity index (χ4n) is 6.92. The van der Waals surface area contributed by atoms with Crippen molar-refractivity contribution in [3.63, 3.8) is 0 Å². The van der Waals surface area contributed by atoms with Gasteiger partial charge in [0.2, 0.25) is 0 Å². The largest absolute Gasteiger partial charge is 0.336 e. The van der Waals surface area contributed by atoms with Crippen LogP contribution in [0.3, 0.4) is 0 Å². The van der Waals surface area contributed by atoms with Gasteiger partial charge in [-0.1, -0.05) is 203 Å². The molecule has 6 aromatic carbocycles. The van der Waals surface area contributed by atoms with Crippen molar-refractivity contribution in [2.45, 2.75) is 56.8 Å². The molecule has 6 aromatic rings. The average molecular weight is 665 g/mol. The SMILES string of the molecule is CCC(OP(OC(CC)(c1ccccc1)c1ccccc1)OC(CC)(c1ccccc1)c1ccccc1)(c1ccccc1)c1ccccc1. The molecule has 0 aliphatic carbocycles. The molecular weight excluding hydrogens is 619 g/mol. The Hall–Kier alpha value is -4.37. The van der Waals surface area contributed by atoms with Crippen LogP contribution in [-0.2, 0) is 30.4 Å². The molecule has 0 aliphatic rings. The van der Waals surface area contributed by atoms with Gasteiger partial charge in [0, 0.05) is 0 Å². The van der Waals surface area contributed by atoms with Gasteiger partial charge in [0.1, 0.15) is 16.8 Å². The van der Waals surface area contributed by atoms with Crippen LogP contribution < -0.4 is 0 Å². The van der Waals surface area contributed by atoms with Crippen molar-refractivity contribution in [1.82, 2.24) is 0 Å². The summed E-state index contributed by atoms with van der Waals surface area (Å²) in [7, 11) is -2.08. The van der Waals surface area contributed by atoms with E-state index < -0.39 is 25.4 Å². The number of rotatable bonds is 15. The van der Waals surface area contributed by atoms with E-state index in [2.05, 4.69) is 166 Å². The van der Waals surface area contributed by atoms with Crippen LogP contribution in [0.4, 0.5) is 0 Å². The molecule has 0 radical (unpaired) electrons. The number of hydrogen-bond acceptors (Lipinski definition) is 3. The Kier molecular flexibility index (Phi) is 11.2. The lowest BCUT2D eigenvalue weighted by atomic mass is 9.84. The quantitative estimate of drug-likeness (QED) is 0.102. The highest BCUT2D eigenvalue weighted by molar-refractivity contribution is 7.41. The summed E-state index contributed by atoms with van der Waals surface area (Å²) in [6.45, 7) is 6.53. The molecule has 0 spiro atoms. The zero-order valence-corrected chi connectivity index (χ0v) is 29.5. The molecule has 0 saturated carbocycles. The van der Waals surface area contributed by atoms with E-state index in [1.54, 1.807) is 0 Å². The smallest absolute Gasteiger partial charge is 0.296 e. The summed E-state index contributed by atoms with van der Waals surface area (Å²) in [6.07, 6.45) is 1.99. The molecule has 0 amide bonds. The van der Waals surface area contributed by atoms with Crippen LogP contribution >= 0.6 is 8.60 Å². The molecule has 4 heteroatoms. The molecule has 0 aromatic heterocycles. The molecule has 0 bridgehead atoms. The van der Waals surface area contributed by atoms with Gasteiger partial charge in [-0.25, -0.2) is 0 Å². The molecule has 0 saturated heterocycles. The Morgan fingerprint density at radius 1 is 0.306 bits per heavy atom. The lowest BCUT2D eigenvalue weighted by molar-refractivity contribution is -0.0196. The van der Waals surface area contributed by atoms with E-state index in [-0.39, 0.29) is 0 Å². The van der Waals surface area contributed by atoms with Crippen LogP contribution in [0.1, 0.15) is 73.4 Å². The first-order valence-corrected chi connectivity index (χ1v) is 18.4. The molecule has 0 aliphatic heterocycles. The standard InChI is InChI=1S/C45H45O3P/c1-4-43(37-25-13-7-14-26-37,38-27-15-8-16-28-38)46-49(47-44(5-2,39-29-17-9-18-30-39)40-31-19-10-20-32-40)48-45(6-3,41-33-21-11-22-34-41)42-35-23-12-24-36-42/h7-36H,4-6H2,1-3H3. The second-order valence-electron chi connectivity index (χ2n) is 12.2. The monoisotopic (exact) mass is 664 g/mol. The second-order valence-corrected chi connectivity index (χ2v) is 13.2. The van der Waals surface area contributed by atoms with E-state index in [4.69, 9.17) is 13.6 Å². The Bertz CT molecular complexity index is 1490. The maximum atomic E-state index is 7.58. The summed E-state index contributed by atoms with van der Waals surface area (Å²) in [4.78, 5) is 0. The van der Waals surface area contributed by atoms with Gasteiger partial charge in [0.25, 0.3) is 0 Å². The first kappa shape index (κ1) is 34.5. The fourth-order valence-corrected chi connectivity index (χ4v) is 8.81. The Balaban J connectivity index is 1.59. The molecule has 0 fully saturated rings. The molecular formula is C45H45O3P. The maximum absolute atomic E-state index is 7.58. The third-order valence-corrected chi connectivity index (χ3v) is 11.0. The van der Waals surface area contributed by atoms with Crippen molar-refractivity contribution in [3.05, 3.63) is 215 Å². The molecule has 248 valence electrons. The summed E-state index contributed by atoms with van der Waals surface area (Å²) >= 11 is 0. The molecule has 6 rings (SSSR count). The van der Waals surface area contributed by atoms with Gasteiger partial charge in [-0.15, -0.1) is 0 Å². The minimum atomic E-state index is -2.08. The zero-order valence-electron chi connectivity index (χ0n) is 28.6. The zero-order chi connectivity index (χ0) is 34.0. The van der Waals surface area contributed by atoms with Crippen LogP contribution in [-0.4, -0.2) is 0 Å². The summed E-state index contributed by atoms with van der Waals surface area (Å²) in [6, 6.07) is 62.9. The van der Waals surface area contributed by atoms with Crippen LogP contribution in [0.15, 0.2) is 182 Å². The van der Waals surface area contributed by atoms with Crippen LogP contribution in [0.2, 0.25) is 0 Å². The van der Waals surface area contributed by atoms with Crippen LogP contribution in [0, 0.1) is 0 Å². The minimum absolute atomic E-state index is 0.665. The second kappa shape index (κ2) is 15.9. The summed E-state index contributed by atoms with van der Waals surface area (Å²) < 4.78 is 22.7. The van der Waals surface area contributed by atoms with Gasteiger partial charge in [-0.05, 0) is 52.6 Å². The van der Waals surface area contributed by atoms with Crippen molar-refractivity contribution in [1.29, 1.82) is 0 Å². The van der Waals surface area contributed by atoms with E-state index in [9.17, 15) is 0 Å². The summed E-state index contributed by atoms with van der Waals surface area (Å²) in [5.41, 5.74) is 3.73. The highest BCUT2D eigenvalue weighted by atomic mass is 31.2. The maximum Gasteiger partial charge on any atom is 0.336 e. The third-order valence-electron chi connectivity index (χ3n) is 9.63. The lowest BCUT2D eigenvalue weighted by Crippen LogP contribution is -2.36. The summed E-state index contributed by atoms with van der Waals surface area (Å²) in [5, 5.41) is 0. The van der Waals surface area contributed by atoms with Gasteiger partial charge in [-0.2, -0.15) is 0 Å². The molecule has 0 heterocycles. The predicted octanol–water partition coefficient (Wildman–Crippen LogP) is 12.3. The van der Waals surface area contributed by atoms with Crippen molar-refractivity contribution in [2.24, 2.45) is 0 Å². The van der Waals surface area contributed by atoms with Crippen LogP contribution in [0.5, 0.6) is 0 Å². The average Bonchev–Trinajstić information content (AvgIpc) is 3.20. The van der Waals surface area contributed by atoms with Gasteiger partial charge in [0.05, 0.1) is 0 Å². The first-order chi connectivity index (χ1) is 24.1. The van der Waals surface area contributed by atoms with Gasteiger partial charge in [-0.3, -0.25) is 13.6 Å². The molecule has 0 atom stereocenters. The first-order valence-electron chi connectivity index (χ1n) is 17.3. The van der Waals surface area contributed by atoms with Gasteiger partial charge >= 0.3 is 8.60 Å². The van der Waals surface area contributed by atoms with Crippen LogP contribution in [0.25, 0.3) is 0 Å². The number of benzene rings is 6. The highest BCUT2D eigenvalue weighted by Crippen LogP contribution is 2.61. The van der Waals surface area contributed by atoms with E-state index in [0.29, 0.717) is 19.3 Å². The van der Waals surface area contributed by atoms with E-state index in [1.165, 1.54) is 0 Å². The van der Waals surface area contributed by atoms with E-state index in [0.717, 1.165) is 33.4 Å². The van der Waals surface area contributed by atoms with Crippen molar-refractivity contribution in [2.75, 3.05) is 0 Å². The van der Waals surface area contributed by atoms with Crippen molar-refractivity contribution < 1.29 is 13.6 Å². The van der Waals surface area contributed by atoms with Crippen molar-refractivity contribution >= 4 is 8.60 Å². The Labute approximate surface area is 293 Å². The molecule has 0 N–H and O–H groups in total. The Morgan fingerprint density at radius 3 is 0.612 bits per heavy atom. The molecule has 0 unspecified atom stereocenters. The van der Waals surface area contributed by atoms with Crippen molar-refractivity contribution in [3.8, 4) is 0 Å². The summed E-state index contributed by atoms with van der Waals surface area (Å²) in [5.74, 6) is 0. The molecule has 3 nitrogen and oxygen atoms in total. The Morgan fingerprint density at radius 2 is 0.469 bits per heavy atom. The van der Waals surface area contributed by atoms with E-state index in [1.807, 2.05) is 36.4 Å². The highest BCUT2D eigenvalue weighted by Gasteiger charge is 2.47. The van der Waals surface area contributed by atoms with Gasteiger partial charge in [0.15, 0.2) is 0 Å². The third kappa shape index (κ3) is 7.04. The predicted molar refractivity (Wildman–Crippen MR) is 202 cm³/mol.